The molecule has 0 unspecified atom stereocenters. The van der Waals surface area contributed by atoms with Gasteiger partial charge in [0, 0.05) is 37.6 Å². The molecule has 0 atom stereocenters. The van der Waals surface area contributed by atoms with Crippen LogP contribution in [0.4, 0.5) is 0 Å². The number of rotatable bonds is 3. The first-order valence-electron chi connectivity index (χ1n) is 9.11. The van der Waals surface area contributed by atoms with E-state index in [0.717, 1.165) is 42.9 Å². The van der Waals surface area contributed by atoms with Crippen molar-refractivity contribution in [2.45, 2.75) is 32.1 Å². The van der Waals surface area contributed by atoms with Crippen molar-refractivity contribution in [3.63, 3.8) is 0 Å². The van der Waals surface area contributed by atoms with Crippen LogP contribution in [0, 0.1) is 0 Å². The highest BCUT2D eigenvalue weighted by atomic mass is 16.2. The van der Waals surface area contributed by atoms with Crippen molar-refractivity contribution < 1.29 is 4.79 Å². The van der Waals surface area contributed by atoms with E-state index < -0.39 is 0 Å². The predicted octanol–water partition coefficient (Wildman–Crippen LogP) is 2.81. The average Bonchev–Trinajstić information content (AvgIpc) is 3.13. The van der Waals surface area contributed by atoms with Crippen LogP contribution in [0.1, 0.15) is 37.8 Å². The third-order valence-electron chi connectivity index (χ3n) is 5.12. The van der Waals surface area contributed by atoms with Crippen molar-refractivity contribution >= 4 is 11.6 Å². The van der Waals surface area contributed by atoms with Crippen LogP contribution in [0.2, 0.25) is 0 Å². The Morgan fingerprint density at radius 1 is 1.19 bits per heavy atom. The van der Waals surface area contributed by atoms with Crippen LogP contribution in [0.5, 0.6) is 0 Å². The number of amides is 1. The first-order chi connectivity index (χ1) is 12.7. The summed E-state index contributed by atoms with van der Waals surface area (Å²) in [6.45, 7) is 3.36. The van der Waals surface area contributed by atoms with Crippen LogP contribution in [0.3, 0.4) is 0 Å². The third-order valence-corrected chi connectivity index (χ3v) is 5.12. The average molecular weight is 350 g/mol. The zero-order valence-corrected chi connectivity index (χ0v) is 14.8. The number of benzene rings is 1. The lowest BCUT2D eigenvalue weighted by molar-refractivity contribution is -0.131. The Bertz CT molecular complexity index is 982. The summed E-state index contributed by atoms with van der Waals surface area (Å²) in [5.41, 5.74) is 3.26. The lowest BCUT2D eigenvalue weighted by Crippen LogP contribution is -2.37. The number of nitrogens with zero attached hydrogens (tertiary/aromatic N) is 3. The third kappa shape index (κ3) is 3.03. The van der Waals surface area contributed by atoms with E-state index in [2.05, 4.69) is 5.10 Å². The maximum Gasteiger partial charge on any atom is 0.272 e. The number of aromatic nitrogens is 3. The summed E-state index contributed by atoms with van der Waals surface area (Å²) >= 11 is 0. The molecule has 134 valence electrons. The number of hydrogen-bond acceptors (Lipinski definition) is 3. The van der Waals surface area contributed by atoms with Crippen LogP contribution in [0.25, 0.3) is 16.9 Å². The molecule has 0 saturated carbocycles. The van der Waals surface area contributed by atoms with Gasteiger partial charge in [0.2, 0.25) is 5.91 Å². The highest BCUT2D eigenvalue weighted by Crippen LogP contribution is 2.27. The number of piperidine rings is 1. The lowest BCUT2D eigenvalue weighted by Gasteiger charge is -2.31. The Labute approximate surface area is 151 Å². The SMILES string of the molecule is CCC(=O)N1CCC(c2cc(=O)n3[nH]c(-c4ccccc4)cc3n2)CC1. The Hall–Kier alpha value is -2.89. The van der Waals surface area contributed by atoms with Crippen LogP contribution in [-0.4, -0.2) is 38.5 Å². The van der Waals surface area contributed by atoms with Crippen molar-refractivity contribution in [3.8, 4) is 11.3 Å². The molecule has 4 rings (SSSR count). The highest BCUT2D eigenvalue weighted by molar-refractivity contribution is 5.75. The summed E-state index contributed by atoms with van der Waals surface area (Å²) < 4.78 is 1.49. The van der Waals surface area contributed by atoms with E-state index in [1.165, 1.54) is 4.52 Å². The van der Waals surface area contributed by atoms with Crippen LogP contribution < -0.4 is 5.56 Å². The fraction of sp³-hybridized carbons (Fsp3) is 0.350. The van der Waals surface area contributed by atoms with Gasteiger partial charge in [-0.25, -0.2) is 9.50 Å². The first kappa shape index (κ1) is 16.6. The van der Waals surface area contributed by atoms with Gasteiger partial charge in [0.25, 0.3) is 5.56 Å². The van der Waals surface area contributed by atoms with Gasteiger partial charge in [0.15, 0.2) is 5.65 Å². The van der Waals surface area contributed by atoms with E-state index in [4.69, 9.17) is 4.98 Å². The molecule has 1 saturated heterocycles. The van der Waals surface area contributed by atoms with Crippen LogP contribution in [0.15, 0.2) is 47.3 Å². The van der Waals surface area contributed by atoms with E-state index >= 15 is 0 Å². The molecule has 1 aliphatic heterocycles. The van der Waals surface area contributed by atoms with Gasteiger partial charge in [-0.1, -0.05) is 37.3 Å². The molecule has 0 bridgehead atoms. The molecule has 3 heterocycles. The molecule has 6 nitrogen and oxygen atoms in total. The highest BCUT2D eigenvalue weighted by Gasteiger charge is 2.24. The van der Waals surface area contributed by atoms with E-state index in [-0.39, 0.29) is 17.4 Å². The number of aromatic amines is 1. The Kier molecular flexibility index (Phi) is 4.32. The standard InChI is InChI=1S/C20H22N4O2/c1-2-19(25)23-10-8-15(9-11-23)16-13-20(26)24-18(21-16)12-17(22-24)14-6-4-3-5-7-14/h3-7,12-13,15,22H,2,8-11H2,1H3. The molecule has 6 heteroatoms. The van der Waals surface area contributed by atoms with Gasteiger partial charge < -0.3 is 4.90 Å². The fourth-order valence-corrected chi connectivity index (χ4v) is 3.63. The molecule has 1 N–H and O–H groups in total. The Morgan fingerprint density at radius 3 is 2.62 bits per heavy atom. The molecule has 3 aromatic rings. The molecule has 0 spiro atoms. The molecular formula is C20H22N4O2. The van der Waals surface area contributed by atoms with E-state index in [9.17, 15) is 9.59 Å². The minimum atomic E-state index is -0.0979. The van der Waals surface area contributed by atoms with E-state index in [0.29, 0.717) is 12.1 Å². The second-order valence-electron chi connectivity index (χ2n) is 6.76. The van der Waals surface area contributed by atoms with Crippen molar-refractivity contribution in [2.75, 3.05) is 13.1 Å². The first-order valence-corrected chi connectivity index (χ1v) is 9.11. The van der Waals surface area contributed by atoms with Crippen molar-refractivity contribution in [2.24, 2.45) is 0 Å². The predicted molar refractivity (Wildman–Crippen MR) is 100 cm³/mol. The van der Waals surface area contributed by atoms with E-state index in [1.54, 1.807) is 6.07 Å². The van der Waals surface area contributed by atoms with Gasteiger partial charge in [-0.05, 0) is 18.4 Å². The van der Waals surface area contributed by atoms with Crippen LogP contribution in [-0.2, 0) is 4.79 Å². The van der Waals surface area contributed by atoms with Crippen LogP contribution >= 0.6 is 0 Å². The smallest absolute Gasteiger partial charge is 0.272 e. The molecular weight excluding hydrogens is 328 g/mol. The molecule has 1 aliphatic rings. The number of H-pyrrole nitrogens is 1. The number of likely N-dealkylation sites (tertiary alicyclic amines) is 1. The molecule has 1 amide bonds. The molecule has 0 aliphatic carbocycles. The summed E-state index contributed by atoms with van der Waals surface area (Å²) in [5.74, 6) is 0.425. The Balaban J connectivity index is 1.62. The largest absolute Gasteiger partial charge is 0.343 e. The van der Waals surface area contributed by atoms with Gasteiger partial charge in [-0.15, -0.1) is 0 Å². The normalized spacial score (nSPS) is 15.5. The molecule has 1 aromatic carbocycles. The number of carbonyl (C=O) groups is 1. The molecule has 1 fully saturated rings. The molecule has 2 aromatic heterocycles. The molecule has 26 heavy (non-hydrogen) atoms. The summed E-state index contributed by atoms with van der Waals surface area (Å²) in [6.07, 6.45) is 2.25. The minimum Gasteiger partial charge on any atom is -0.343 e. The minimum absolute atomic E-state index is 0.0979. The second-order valence-corrected chi connectivity index (χ2v) is 6.76. The topological polar surface area (TPSA) is 70.5 Å². The van der Waals surface area contributed by atoms with Gasteiger partial charge in [0.05, 0.1) is 11.4 Å². The zero-order chi connectivity index (χ0) is 18.1. The number of fused-ring (bicyclic) bond motifs is 1. The van der Waals surface area contributed by atoms with Crippen molar-refractivity contribution in [1.82, 2.24) is 19.5 Å². The van der Waals surface area contributed by atoms with Gasteiger partial charge in [0.1, 0.15) is 0 Å². The van der Waals surface area contributed by atoms with Crippen molar-refractivity contribution in [3.05, 3.63) is 58.5 Å². The number of hydrogen-bond donors (Lipinski definition) is 1. The quantitative estimate of drug-likeness (QED) is 0.790. The van der Waals surface area contributed by atoms with Gasteiger partial charge >= 0.3 is 0 Å². The zero-order valence-electron chi connectivity index (χ0n) is 14.8. The summed E-state index contributed by atoms with van der Waals surface area (Å²) in [5, 5.41) is 3.13. The monoisotopic (exact) mass is 350 g/mol. The van der Waals surface area contributed by atoms with Crippen molar-refractivity contribution in [1.29, 1.82) is 0 Å². The number of nitrogens with one attached hydrogen (secondary N) is 1. The van der Waals surface area contributed by atoms with Gasteiger partial charge in [-0.3, -0.25) is 14.7 Å². The maximum absolute atomic E-state index is 12.5. The number of carbonyl (C=O) groups excluding carboxylic acids is 1. The maximum atomic E-state index is 12.5. The van der Waals surface area contributed by atoms with Gasteiger partial charge in [-0.2, -0.15) is 0 Å². The summed E-state index contributed by atoms with van der Waals surface area (Å²) in [6, 6.07) is 13.4. The summed E-state index contributed by atoms with van der Waals surface area (Å²) in [7, 11) is 0. The Morgan fingerprint density at radius 2 is 1.92 bits per heavy atom. The molecule has 0 radical (unpaired) electrons. The second kappa shape index (κ2) is 6.78. The lowest BCUT2D eigenvalue weighted by atomic mass is 9.93. The summed E-state index contributed by atoms with van der Waals surface area (Å²) in [4.78, 5) is 31.0. The fourth-order valence-electron chi connectivity index (χ4n) is 3.63. The van der Waals surface area contributed by atoms with E-state index in [1.807, 2.05) is 48.2 Å².